The van der Waals surface area contributed by atoms with E-state index in [4.69, 9.17) is 9.47 Å². The quantitative estimate of drug-likeness (QED) is 0.134. The Labute approximate surface area is 393 Å². The summed E-state index contributed by atoms with van der Waals surface area (Å²) in [6.07, 6.45) is -0.389. The van der Waals surface area contributed by atoms with Crippen molar-refractivity contribution in [3.8, 4) is 23.0 Å². The van der Waals surface area contributed by atoms with Crippen LogP contribution in [0.4, 0.5) is 26.3 Å². The van der Waals surface area contributed by atoms with Gasteiger partial charge in [0.05, 0.1) is 11.1 Å². The standard InChI is InChI=1S/2C25H20F3N3O4/c2*26-25(27,28)18-10-6-9-17-20(16-7-2-1-3-8-16)31-15-29(12-4-5-14-35-23(17)18)24(34)21-22(33)19(32)11-13-30(21)31/h2*1-11,13,20,33H,12,14-15H2/b2*5-4-/t2*20-/m10/s1. The fourth-order valence-electron chi connectivity index (χ4n) is 8.87. The first-order valence-electron chi connectivity index (χ1n) is 21.6. The average Bonchev–Trinajstić information content (AvgIpc) is 3.39. The van der Waals surface area contributed by atoms with Crippen LogP contribution in [-0.4, -0.2) is 80.8 Å². The Bertz CT molecular complexity index is 2950. The number of para-hydroxylation sites is 2. The van der Waals surface area contributed by atoms with Crippen molar-refractivity contribution in [3.63, 3.8) is 0 Å². The number of hydrogen-bond acceptors (Lipinski definition) is 10. The van der Waals surface area contributed by atoms with Gasteiger partial charge in [-0.15, -0.1) is 0 Å². The minimum Gasteiger partial charge on any atom is -0.502 e. The van der Waals surface area contributed by atoms with E-state index in [0.717, 1.165) is 24.3 Å². The number of pyridine rings is 2. The molecule has 2 atom stereocenters. The van der Waals surface area contributed by atoms with E-state index in [9.17, 15) is 55.7 Å². The van der Waals surface area contributed by atoms with Gasteiger partial charge < -0.3 is 29.5 Å². The van der Waals surface area contributed by atoms with Crippen molar-refractivity contribution in [2.24, 2.45) is 0 Å². The third kappa shape index (κ3) is 8.67. The number of hydrogen-bond donors (Lipinski definition) is 2. The number of carbonyl (C=O) groups excluding carboxylic acids is 2. The van der Waals surface area contributed by atoms with Crippen molar-refractivity contribution in [3.05, 3.63) is 211 Å². The van der Waals surface area contributed by atoms with Gasteiger partial charge in [0.15, 0.2) is 22.9 Å². The molecule has 2 amide bonds. The summed E-state index contributed by atoms with van der Waals surface area (Å²) < 4.78 is 98.1. The Kier molecular flexibility index (Phi) is 12.4. The van der Waals surface area contributed by atoms with Crippen molar-refractivity contribution in [2.75, 3.05) is 49.7 Å². The summed E-state index contributed by atoms with van der Waals surface area (Å²) in [5.41, 5.74) is -2.12. The Hall–Kier alpha value is -8.42. The second kappa shape index (κ2) is 18.6. The van der Waals surface area contributed by atoms with Gasteiger partial charge >= 0.3 is 12.4 Å². The summed E-state index contributed by atoms with van der Waals surface area (Å²) in [7, 11) is 0. The summed E-state index contributed by atoms with van der Waals surface area (Å²) >= 11 is 0. The third-order valence-electron chi connectivity index (χ3n) is 12.0. The van der Waals surface area contributed by atoms with E-state index in [1.807, 2.05) is 0 Å². The van der Waals surface area contributed by atoms with Gasteiger partial charge in [0, 0.05) is 48.7 Å². The van der Waals surface area contributed by atoms with Crippen LogP contribution >= 0.6 is 0 Å². The molecule has 4 bridgehead atoms. The number of amides is 2. The highest BCUT2D eigenvalue weighted by atomic mass is 19.4. The molecule has 6 aromatic rings. The average molecular weight is 967 g/mol. The van der Waals surface area contributed by atoms with E-state index in [1.54, 1.807) is 95.0 Å². The lowest BCUT2D eigenvalue weighted by Gasteiger charge is -2.44. The third-order valence-corrected chi connectivity index (χ3v) is 12.0. The lowest BCUT2D eigenvalue weighted by molar-refractivity contribution is -0.139. The molecule has 4 aromatic carbocycles. The molecule has 4 aliphatic rings. The first kappa shape index (κ1) is 46.7. The Morgan fingerprint density at radius 1 is 0.486 bits per heavy atom. The van der Waals surface area contributed by atoms with Gasteiger partial charge in [-0.3, -0.25) is 38.5 Å². The summed E-state index contributed by atoms with van der Waals surface area (Å²) in [6, 6.07) is 25.8. The zero-order valence-electron chi connectivity index (χ0n) is 36.5. The normalized spacial score (nSPS) is 18.7. The van der Waals surface area contributed by atoms with Crippen LogP contribution in [-0.2, 0) is 12.4 Å². The highest BCUT2D eigenvalue weighted by Gasteiger charge is 2.43. The summed E-state index contributed by atoms with van der Waals surface area (Å²) in [6.45, 7) is -0.114. The van der Waals surface area contributed by atoms with Crippen LogP contribution in [0.3, 0.4) is 0 Å². The van der Waals surface area contributed by atoms with Crippen molar-refractivity contribution in [1.29, 1.82) is 0 Å². The zero-order chi connectivity index (χ0) is 49.5. The summed E-state index contributed by atoms with van der Waals surface area (Å²) in [4.78, 5) is 53.5. The molecule has 0 saturated heterocycles. The number of ether oxygens (including phenoxy) is 2. The monoisotopic (exact) mass is 966 g/mol. The first-order valence-corrected chi connectivity index (χ1v) is 21.6. The smallest absolute Gasteiger partial charge is 0.419 e. The largest absolute Gasteiger partial charge is 0.502 e. The van der Waals surface area contributed by atoms with E-state index in [2.05, 4.69) is 0 Å². The predicted octanol–water partition coefficient (Wildman–Crippen LogP) is 7.32. The van der Waals surface area contributed by atoms with Crippen LogP contribution in [0.25, 0.3) is 0 Å². The molecule has 360 valence electrons. The molecule has 0 radical (unpaired) electrons. The lowest BCUT2D eigenvalue weighted by Crippen LogP contribution is -2.55. The van der Waals surface area contributed by atoms with Gasteiger partial charge in [-0.1, -0.05) is 97.1 Å². The first-order chi connectivity index (χ1) is 33.5. The number of fused-ring (bicyclic) bond motifs is 10. The second-order valence-electron chi connectivity index (χ2n) is 16.3. The number of aromatic nitrogens is 2. The Morgan fingerprint density at radius 2 is 0.871 bits per heavy atom. The molecule has 0 spiro atoms. The number of nitrogens with zero attached hydrogens (tertiary/aromatic N) is 6. The van der Waals surface area contributed by atoms with Crippen molar-refractivity contribution >= 4 is 11.8 Å². The van der Waals surface area contributed by atoms with Crippen molar-refractivity contribution in [1.82, 2.24) is 19.2 Å². The molecule has 0 aliphatic carbocycles. The molecule has 6 heterocycles. The number of benzene rings is 4. The van der Waals surface area contributed by atoms with Crippen LogP contribution in [0.1, 0.15) is 66.4 Å². The van der Waals surface area contributed by atoms with Crippen molar-refractivity contribution < 1.29 is 55.6 Å². The molecular formula is C50H40F6N6O8. The fraction of sp³-hybridized carbons (Fsp3) is 0.200. The SMILES string of the molecule is O=C1c2c(O)c(=O)ccn2N2CN1C/C=C\COc1c(cccc1C(F)(F)F)[C@@H]2c1ccccc1.O=C1c2c(O)c(=O)ccn2N2CN1C/C=C\COc1c(cccc1C(F)(F)F)[C@H]2c1ccccc1. The molecule has 0 fully saturated rings. The van der Waals surface area contributed by atoms with E-state index >= 15 is 0 Å². The number of rotatable bonds is 2. The summed E-state index contributed by atoms with van der Waals surface area (Å²) in [5.74, 6) is -3.24. The van der Waals surface area contributed by atoms with Crippen LogP contribution in [0.5, 0.6) is 23.0 Å². The van der Waals surface area contributed by atoms with Gasteiger partial charge in [0.25, 0.3) is 11.8 Å². The minimum absolute atomic E-state index is 0.0201. The maximum Gasteiger partial charge on any atom is 0.419 e. The number of alkyl halides is 6. The maximum absolute atomic E-state index is 14.0. The van der Waals surface area contributed by atoms with Gasteiger partial charge in [0.1, 0.15) is 50.1 Å². The molecule has 14 nitrogen and oxygen atoms in total. The van der Waals surface area contributed by atoms with Gasteiger partial charge in [-0.25, -0.2) is 0 Å². The lowest BCUT2D eigenvalue weighted by atomic mass is 9.94. The van der Waals surface area contributed by atoms with E-state index in [0.29, 0.717) is 11.1 Å². The van der Waals surface area contributed by atoms with Crippen LogP contribution in [0.2, 0.25) is 0 Å². The number of halogens is 6. The number of carbonyl (C=O) groups is 2. The molecule has 70 heavy (non-hydrogen) atoms. The highest BCUT2D eigenvalue weighted by Crippen LogP contribution is 2.46. The molecule has 2 N–H and O–H groups in total. The minimum atomic E-state index is -4.67. The molecule has 20 heteroatoms. The van der Waals surface area contributed by atoms with Gasteiger partial charge in [-0.2, -0.15) is 26.3 Å². The van der Waals surface area contributed by atoms with E-state index in [-0.39, 0.29) is 73.7 Å². The van der Waals surface area contributed by atoms with Gasteiger partial charge in [0.2, 0.25) is 10.9 Å². The van der Waals surface area contributed by atoms with E-state index in [1.165, 1.54) is 55.8 Å². The van der Waals surface area contributed by atoms with Crippen LogP contribution in [0.15, 0.2) is 155 Å². The van der Waals surface area contributed by atoms with Crippen LogP contribution < -0.4 is 30.3 Å². The molecule has 0 saturated carbocycles. The number of aromatic hydroxyl groups is 2. The van der Waals surface area contributed by atoms with E-state index < -0.39 is 69.7 Å². The van der Waals surface area contributed by atoms with Crippen LogP contribution in [0, 0.1) is 0 Å². The van der Waals surface area contributed by atoms with Crippen molar-refractivity contribution in [2.45, 2.75) is 24.4 Å². The maximum atomic E-state index is 14.0. The fourth-order valence-corrected chi connectivity index (χ4v) is 8.87. The highest BCUT2D eigenvalue weighted by molar-refractivity contribution is 5.97. The zero-order valence-corrected chi connectivity index (χ0v) is 36.5. The Balaban J connectivity index is 0.000000174. The topological polar surface area (TPSA) is 150 Å². The Morgan fingerprint density at radius 3 is 1.24 bits per heavy atom. The van der Waals surface area contributed by atoms with Gasteiger partial charge in [-0.05, 0) is 35.4 Å². The molecular weight excluding hydrogens is 927 g/mol. The predicted molar refractivity (Wildman–Crippen MR) is 242 cm³/mol. The molecule has 0 unspecified atom stereocenters. The molecule has 2 aromatic heterocycles. The second-order valence-corrected chi connectivity index (χ2v) is 16.3. The molecule has 4 aliphatic heterocycles. The summed E-state index contributed by atoms with van der Waals surface area (Å²) in [5, 5.41) is 24.3. The molecule has 10 rings (SSSR count).